The molecule has 0 radical (unpaired) electrons. The minimum absolute atomic E-state index is 0.861. The molecule has 0 atom stereocenters. The molecule has 13 rings (SSSR count). The number of nitrogens with zero attached hydrogens (tertiary/aromatic N) is 2. The first-order chi connectivity index (χ1) is 36.0. The number of hydrogen-bond donors (Lipinski definition) is 0. The van der Waals surface area contributed by atoms with E-state index in [0.29, 0.717) is 0 Å². The van der Waals surface area contributed by atoms with Crippen LogP contribution in [0.15, 0.2) is 239 Å². The van der Waals surface area contributed by atoms with Crippen LogP contribution in [0.3, 0.4) is 0 Å². The molecule has 0 saturated heterocycles. The van der Waals surface area contributed by atoms with Crippen molar-refractivity contribution < 1.29 is 8.83 Å². The van der Waals surface area contributed by atoms with Crippen molar-refractivity contribution in [1.29, 1.82) is 0 Å². The molecule has 0 aliphatic heterocycles. The molecule has 0 spiro atoms. The molecular formula is C68H56N2O2Si2. The minimum Gasteiger partial charge on any atom is -0.454 e. The van der Waals surface area contributed by atoms with E-state index in [1.807, 2.05) is 12.1 Å². The van der Waals surface area contributed by atoms with Crippen molar-refractivity contribution in [3.63, 3.8) is 0 Å². The van der Waals surface area contributed by atoms with Crippen molar-refractivity contribution in [2.75, 3.05) is 9.80 Å². The third-order valence-electron chi connectivity index (χ3n) is 15.0. The Morgan fingerprint density at radius 3 is 1.03 bits per heavy atom. The quantitative estimate of drug-likeness (QED) is 0.101. The topological polar surface area (TPSA) is 32.8 Å². The van der Waals surface area contributed by atoms with Gasteiger partial charge in [0.05, 0.1) is 27.5 Å². The molecule has 13 aromatic rings. The normalized spacial score (nSPS) is 12.2. The summed E-state index contributed by atoms with van der Waals surface area (Å²) in [5.74, 6) is 0. The van der Waals surface area contributed by atoms with Gasteiger partial charge in [-0.2, -0.15) is 0 Å². The lowest BCUT2D eigenvalue weighted by Crippen LogP contribution is -2.37. The predicted octanol–water partition coefficient (Wildman–Crippen LogP) is 19.2. The van der Waals surface area contributed by atoms with Gasteiger partial charge in [-0.1, -0.05) is 207 Å². The minimum atomic E-state index is -1.58. The van der Waals surface area contributed by atoms with E-state index in [0.717, 1.165) is 89.1 Å². The van der Waals surface area contributed by atoms with Crippen LogP contribution in [0.4, 0.5) is 34.1 Å². The highest BCUT2D eigenvalue weighted by Crippen LogP contribution is 2.50. The lowest BCUT2D eigenvalue weighted by atomic mass is 9.85. The van der Waals surface area contributed by atoms with Crippen molar-refractivity contribution in [3.8, 4) is 22.3 Å². The molecule has 6 heteroatoms. The van der Waals surface area contributed by atoms with Gasteiger partial charge in [-0.25, -0.2) is 0 Å². The van der Waals surface area contributed by atoms with Gasteiger partial charge >= 0.3 is 0 Å². The summed E-state index contributed by atoms with van der Waals surface area (Å²) in [4.78, 5) is 4.79. The number of fused-ring (bicyclic) bond motifs is 8. The molecule has 11 aromatic carbocycles. The lowest BCUT2D eigenvalue weighted by molar-refractivity contribution is 0.668. The Hall–Kier alpha value is -8.43. The Kier molecular flexibility index (Phi) is 10.8. The maximum Gasteiger partial charge on any atom is 0.159 e. The summed E-state index contributed by atoms with van der Waals surface area (Å²) >= 11 is 0. The second-order valence-electron chi connectivity index (χ2n) is 21.7. The molecule has 0 aliphatic carbocycles. The summed E-state index contributed by atoms with van der Waals surface area (Å²) in [5.41, 5.74) is 14.4. The van der Waals surface area contributed by atoms with E-state index in [1.165, 1.54) is 43.0 Å². The molecule has 2 heterocycles. The van der Waals surface area contributed by atoms with Crippen molar-refractivity contribution in [1.82, 2.24) is 0 Å². The van der Waals surface area contributed by atoms with E-state index >= 15 is 0 Å². The molecule has 0 bridgehead atoms. The fourth-order valence-electron chi connectivity index (χ4n) is 11.2. The van der Waals surface area contributed by atoms with E-state index in [-0.39, 0.29) is 0 Å². The molecule has 0 amide bonds. The van der Waals surface area contributed by atoms with Crippen LogP contribution in [0.1, 0.15) is 0 Å². The summed E-state index contributed by atoms with van der Waals surface area (Å²) in [6.45, 7) is 14.4. The zero-order valence-electron chi connectivity index (χ0n) is 42.7. The van der Waals surface area contributed by atoms with E-state index in [2.05, 4.69) is 267 Å². The van der Waals surface area contributed by atoms with E-state index in [9.17, 15) is 0 Å². The fourth-order valence-corrected chi connectivity index (χ4v) is 13.5. The average molecular weight is 989 g/mol. The van der Waals surface area contributed by atoms with Gasteiger partial charge in [-0.3, -0.25) is 0 Å². The predicted molar refractivity (Wildman–Crippen MR) is 322 cm³/mol. The van der Waals surface area contributed by atoms with Crippen molar-refractivity contribution >= 4 is 126 Å². The van der Waals surface area contributed by atoms with Crippen LogP contribution in [0.25, 0.3) is 87.7 Å². The zero-order chi connectivity index (χ0) is 50.3. The Bertz CT molecular complexity index is 3980. The smallest absolute Gasteiger partial charge is 0.159 e. The maximum atomic E-state index is 6.81. The number of rotatable bonds is 10. The standard InChI is InChI=1S/C68H56N2O2Si2/c1-73(2,3)51-37-31-47(32-38-51)69(61-27-17-25-57-53-23-13-15-29-63(53)71-67(57)61)49-35-41-55-59(43-49)65(45-19-9-7-10-20-45)56-42-36-50(44-60(56)66(55)46-21-11-8-12-22-46)70(48-33-39-52(40-34-48)74(4,5)6)62-28-18-26-58-54-24-14-16-30-64(54)72-68(58)62/h7-44H,1-6H3. The molecule has 4 nitrogen and oxygen atoms in total. The Balaban J connectivity index is 1.10. The molecule has 0 aliphatic rings. The van der Waals surface area contributed by atoms with E-state index in [4.69, 9.17) is 8.83 Å². The number of anilines is 6. The first-order valence-corrected chi connectivity index (χ1v) is 32.7. The molecule has 358 valence electrons. The van der Waals surface area contributed by atoms with Crippen LogP contribution < -0.4 is 20.2 Å². The van der Waals surface area contributed by atoms with Crippen LogP contribution >= 0.6 is 0 Å². The van der Waals surface area contributed by atoms with Gasteiger partial charge in [0.15, 0.2) is 11.2 Å². The Morgan fingerprint density at radius 1 is 0.284 bits per heavy atom. The largest absolute Gasteiger partial charge is 0.454 e. The summed E-state index contributed by atoms with van der Waals surface area (Å²) in [6, 6.07) is 84.4. The second kappa shape index (κ2) is 17.7. The fraction of sp³-hybridized carbons (Fsp3) is 0.0882. The van der Waals surface area contributed by atoms with Crippen molar-refractivity contribution in [2.45, 2.75) is 39.3 Å². The maximum absolute atomic E-state index is 6.81. The molecular weight excluding hydrogens is 933 g/mol. The van der Waals surface area contributed by atoms with Crippen molar-refractivity contribution in [2.24, 2.45) is 0 Å². The number of hydrogen-bond acceptors (Lipinski definition) is 4. The molecule has 0 fully saturated rings. The van der Waals surface area contributed by atoms with Gasteiger partial charge in [-0.05, 0) is 117 Å². The van der Waals surface area contributed by atoms with Crippen LogP contribution in [0.5, 0.6) is 0 Å². The Labute approximate surface area is 434 Å². The molecule has 0 N–H and O–H groups in total. The first-order valence-electron chi connectivity index (χ1n) is 25.7. The van der Waals surface area contributed by atoms with Gasteiger partial charge in [0.2, 0.25) is 0 Å². The first kappa shape index (κ1) is 45.4. The molecule has 0 unspecified atom stereocenters. The highest BCUT2D eigenvalue weighted by molar-refractivity contribution is 6.89. The highest BCUT2D eigenvalue weighted by atomic mass is 28.3. The average Bonchev–Trinajstić information content (AvgIpc) is 4.01. The number of para-hydroxylation sites is 4. The van der Waals surface area contributed by atoms with Crippen molar-refractivity contribution in [3.05, 3.63) is 231 Å². The number of benzene rings is 11. The SMILES string of the molecule is C[Si](C)(C)c1ccc(N(c2ccc3c(-c4ccccc4)c4cc(N(c5ccc([Si](C)(C)C)cc5)c5cccc6c5oc5ccccc56)ccc4c(-c4ccccc4)c3c2)c2cccc3c2oc2ccccc23)cc1. The second-order valence-corrected chi connectivity index (χ2v) is 31.9. The third-order valence-corrected chi connectivity index (χ3v) is 19.1. The van der Waals surface area contributed by atoms with Gasteiger partial charge in [0.25, 0.3) is 0 Å². The molecule has 0 saturated carbocycles. The number of furan rings is 2. The van der Waals surface area contributed by atoms with Gasteiger partial charge < -0.3 is 18.6 Å². The lowest BCUT2D eigenvalue weighted by Gasteiger charge is -2.29. The molecule has 74 heavy (non-hydrogen) atoms. The van der Waals surface area contributed by atoms with Crippen LogP contribution in [-0.4, -0.2) is 16.1 Å². The van der Waals surface area contributed by atoms with E-state index < -0.39 is 16.1 Å². The van der Waals surface area contributed by atoms with E-state index in [1.54, 1.807) is 0 Å². The van der Waals surface area contributed by atoms with Crippen LogP contribution in [0.2, 0.25) is 39.3 Å². The van der Waals surface area contributed by atoms with Gasteiger partial charge in [0.1, 0.15) is 11.2 Å². The molecule has 2 aromatic heterocycles. The monoisotopic (exact) mass is 988 g/mol. The van der Waals surface area contributed by atoms with Gasteiger partial charge in [0, 0.05) is 44.3 Å². The summed E-state index contributed by atoms with van der Waals surface area (Å²) in [5, 5.41) is 11.9. The van der Waals surface area contributed by atoms with Gasteiger partial charge in [-0.15, -0.1) is 0 Å². The van der Waals surface area contributed by atoms with Crippen LogP contribution in [-0.2, 0) is 0 Å². The van der Waals surface area contributed by atoms with Crippen LogP contribution in [0, 0.1) is 0 Å². The summed E-state index contributed by atoms with van der Waals surface area (Å²) < 4.78 is 13.6. The Morgan fingerprint density at radius 2 is 0.635 bits per heavy atom. The third kappa shape index (κ3) is 7.72. The summed E-state index contributed by atoms with van der Waals surface area (Å²) in [6.07, 6.45) is 0. The zero-order valence-corrected chi connectivity index (χ0v) is 44.7. The summed E-state index contributed by atoms with van der Waals surface area (Å²) in [7, 11) is -3.17. The highest BCUT2D eigenvalue weighted by Gasteiger charge is 2.26.